The van der Waals surface area contributed by atoms with Gasteiger partial charge in [0.15, 0.2) is 5.96 Å². The van der Waals surface area contributed by atoms with Gasteiger partial charge < -0.3 is 19.9 Å². The molecule has 0 spiro atoms. The van der Waals surface area contributed by atoms with Gasteiger partial charge in [0.1, 0.15) is 5.75 Å². The maximum absolute atomic E-state index is 12.4. The molecule has 0 amide bonds. The van der Waals surface area contributed by atoms with Crippen LogP contribution in [0.5, 0.6) is 5.75 Å². The van der Waals surface area contributed by atoms with Crippen molar-refractivity contribution in [1.29, 1.82) is 0 Å². The Hall–Kier alpha value is -2.71. The van der Waals surface area contributed by atoms with E-state index in [1.807, 2.05) is 10.8 Å². The molecule has 1 aromatic heterocycles. The normalized spacial score (nSPS) is 12.1. The Morgan fingerprint density at radius 1 is 1.29 bits per heavy atom. The third kappa shape index (κ3) is 5.82. The molecule has 2 aromatic rings. The molecule has 0 radical (unpaired) electrons. The molecule has 1 heterocycles. The van der Waals surface area contributed by atoms with Crippen molar-refractivity contribution in [3.8, 4) is 5.75 Å². The summed E-state index contributed by atoms with van der Waals surface area (Å²) in [7, 11) is 1.59. The predicted octanol–water partition coefficient (Wildman–Crippen LogP) is 2.15. The van der Waals surface area contributed by atoms with Crippen LogP contribution in [0.4, 0.5) is 13.2 Å². The van der Waals surface area contributed by atoms with Crippen LogP contribution in [-0.2, 0) is 13.1 Å². The summed E-state index contributed by atoms with van der Waals surface area (Å²) < 4.78 is 43.1. The molecule has 0 aliphatic heterocycles. The number of nitrogens with zero attached hydrogens (tertiary/aromatic N) is 3. The lowest BCUT2D eigenvalue weighted by Gasteiger charge is -2.15. The van der Waals surface area contributed by atoms with Crippen molar-refractivity contribution >= 4 is 5.96 Å². The quantitative estimate of drug-likeness (QED) is 0.624. The SMILES string of the molecule is CN=C(NCCn1ccnc1)NCc1ccccc1OC(F)(F)F. The van der Waals surface area contributed by atoms with E-state index in [0.717, 1.165) is 0 Å². The van der Waals surface area contributed by atoms with Crippen LogP contribution >= 0.6 is 0 Å². The van der Waals surface area contributed by atoms with Crippen molar-refractivity contribution in [3.63, 3.8) is 0 Å². The zero-order chi connectivity index (χ0) is 17.4. The summed E-state index contributed by atoms with van der Waals surface area (Å²) >= 11 is 0. The molecule has 24 heavy (non-hydrogen) atoms. The molecule has 0 atom stereocenters. The minimum absolute atomic E-state index is 0.150. The van der Waals surface area contributed by atoms with Crippen molar-refractivity contribution in [3.05, 3.63) is 48.5 Å². The summed E-state index contributed by atoms with van der Waals surface area (Å²) in [6.45, 7) is 1.43. The van der Waals surface area contributed by atoms with Crippen molar-refractivity contribution in [2.24, 2.45) is 4.99 Å². The average molecular weight is 341 g/mol. The molecule has 0 saturated heterocycles. The summed E-state index contributed by atoms with van der Waals surface area (Å²) in [6.07, 6.45) is 0.497. The lowest BCUT2D eigenvalue weighted by molar-refractivity contribution is -0.274. The van der Waals surface area contributed by atoms with Crippen LogP contribution in [0.2, 0.25) is 0 Å². The first-order valence-electron chi connectivity index (χ1n) is 7.22. The molecule has 0 bridgehead atoms. The minimum Gasteiger partial charge on any atom is -0.405 e. The second kappa shape index (κ2) is 8.23. The minimum atomic E-state index is -4.72. The van der Waals surface area contributed by atoms with E-state index >= 15 is 0 Å². The van der Waals surface area contributed by atoms with Gasteiger partial charge in [-0.05, 0) is 6.07 Å². The standard InChI is InChI=1S/C15H18F3N5O/c1-19-14(21-7-9-23-8-6-20-11-23)22-10-12-4-2-3-5-13(12)24-15(16,17)18/h2-6,8,11H,7,9-10H2,1H3,(H2,19,21,22). The van der Waals surface area contributed by atoms with Gasteiger partial charge in [0.2, 0.25) is 0 Å². The van der Waals surface area contributed by atoms with Gasteiger partial charge in [0.05, 0.1) is 6.33 Å². The Morgan fingerprint density at radius 3 is 2.75 bits per heavy atom. The molecule has 130 valence electrons. The maximum atomic E-state index is 12.4. The number of benzene rings is 1. The maximum Gasteiger partial charge on any atom is 0.573 e. The summed E-state index contributed by atoms with van der Waals surface area (Å²) in [5.74, 6) is 0.253. The number of imidazole rings is 1. The first-order valence-corrected chi connectivity index (χ1v) is 7.22. The van der Waals surface area contributed by atoms with Crippen LogP contribution in [0.15, 0.2) is 48.0 Å². The van der Waals surface area contributed by atoms with Crippen molar-refractivity contribution in [2.75, 3.05) is 13.6 Å². The van der Waals surface area contributed by atoms with Gasteiger partial charge in [0, 0.05) is 44.6 Å². The van der Waals surface area contributed by atoms with E-state index in [4.69, 9.17) is 0 Å². The Balaban J connectivity index is 1.86. The molecule has 0 unspecified atom stereocenters. The van der Waals surface area contributed by atoms with Crippen LogP contribution in [-0.4, -0.2) is 35.5 Å². The zero-order valence-electron chi connectivity index (χ0n) is 13.0. The number of alkyl halides is 3. The molecule has 0 aliphatic rings. The molecular formula is C15H18F3N5O. The van der Waals surface area contributed by atoms with Crippen molar-refractivity contribution in [1.82, 2.24) is 20.2 Å². The number of nitrogens with one attached hydrogen (secondary N) is 2. The van der Waals surface area contributed by atoms with Gasteiger partial charge in [-0.3, -0.25) is 4.99 Å². The number of hydrogen-bond acceptors (Lipinski definition) is 3. The van der Waals surface area contributed by atoms with Crippen LogP contribution in [0.25, 0.3) is 0 Å². The van der Waals surface area contributed by atoms with Crippen LogP contribution < -0.4 is 15.4 Å². The van der Waals surface area contributed by atoms with E-state index in [9.17, 15) is 13.2 Å². The number of hydrogen-bond donors (Lipinski definition) is 2. The highest BCUT2D eigenvalue weighted by Crippen LogP contribution is 2.25. The first-order chi connectivity index (χ1) is 11.5. The topological polar surface area (TPSA) is 63.5 Å². The highest BCUT2D eigenvalue weighted by Gasteiger charge is 2.31. The summed E-state index contributed by atoms with van der Waals surface area (Å²) in [4.78, 5) is 7.97. The fraction of sp³-hybridized carbons (Fsp3) is 0.333. The fourth-order valence-corrected chi connectivity index (χ4v) is 2.00. The number of para-hydroxylation sites is 1. The van der Waals surface area contributed by atoms with Gasteiger partial charge in [-0.25, -0.2) is 4.98 Å². The summed E-state index contributed by atoms with van der Waals surface area (Å²) in [6, 6.07) is 5.98. The lowest BCUT2D eigenvalue weighted by atomic mass is 10.2. The number of rotatable bonds is 6. The first kappa shape index (κ1) is 17.6. The summed E-state index contributed by atoms with van der Waals surface area (Å²) in [5, 5.41) is 6.03. The molecule has 9 heteroatoms. The lowest BCUT2D eigenvalue weighted by Crippen LogP contribution is -2.38. The Kier molecular flexibility index (Phi) is 6.05. The molecule has 0 saturated carbocycles. The number of guanidine groups is 1. The number of aromatic nitrogens is 2. The van der Waals surface area contributed by atoms with E-state index in [2.05, 4.69) is 25.3 Å². The monoisotopic (exact) mass is 341 g/mol. The molecular weight excluding hydrogens is 323 g/mol. The van der Waals surface area contributed by atoms with Gasteiger partial charge in [-0.15, -0.1) is 13.2 Å². The van der Waals surface area contributed by atoms with Gasteiger partial charge in [0.25, 0.3) is 0 Å². The summed E-state index contributed by atoms with van der Waals surface area (Å²) in [5.41, 5.74) is 0.382. The molecule has 0 fully saturated rings. The van der Waals surface area contributed by atoms with E-state index < -0.39 is 6.36 Å². The number of ether oxygens (including phenoxy) is 1. The third-order valence-corrected chi connectivity index (χ3v) is 3.09. The van der Waals surface area contributed by atoms with Gasteiger partial charge >= 0.3 is 6.36 Å². The van der Waals surface area contributed by atoms with Gasteiger partial charge in [-0.2, -0.15) is 0 Å². The fourth-order valence-electron chi connectivity index (χ4n) is 2.00. The second-order valence-electron chi connectivity index (χ2n) is 4.81. The number of halogens is 3. The molecule has 1 aromatic carbocycles. The second-order valence-corrected chi connectivity index (χ2v) is 4.81. The van der Waals surface area contributed by atoms with E-state index in [1.165, 1.54) is 12.1 Å². The van der Waals surface area contributed by atoms with Crippen molar-refractivity contribution < 1.29 is 17.9 Å². The van der Waals surface area contributed by atoms with Crippen LogP contribution in [0, 0.1) is 0 Å². The predicted molar refractivity (Wildman–Crippen MR) is 83.6 cm³/mol. The largest absolute Gasteiger partial charge is 0.573 e. The van der Waals surface area contributed by atoms with E-state index in [-0.39, 0.29) is 12.3 Å². The average Bonchev–Trinajstić information content (AvgIpc) is 3.04. The van der Waals surface area contributed by atoms with E-state index in [1.54, 1.807) is 31.7 Å². The van der Waals surface area contributed by atoms with Crippen molar-refractivity contribution in [2.45, 2.75) is 19.5 Å². The highest BCUT2D eigenvalue weighted by molar-refractivity contribution is 5.79. The molecule has 6 nitrogen and oxygen atoms in total. The highest BCUT2D eigenvalue weighted by atomic mass is 19.4. The number of aliphatic imine (C=N–C) groups is 1. The Bertz CT molecular complexity index is 655. The third-order valence-electron chi connectivity index (χ3n) is 3.09. The molecule has 2 rings (SSSR count). The Morgan fingerprint density at radius 2 is 2.08 bits per heavy atom. The Labute approximate surface area is 137 Å². The smallest absolute Gasteiger partial charge is 0.405 e. The zero-order valence-corrected chi connectivity index (χ0v) is 13.0. The van der Waals surface area contributed by atoms with Crippen LogP contribution in [0.1, 0.15) is 5.56 Å². The van der Waals surface area contributed by atoms with E-state index in [0.29, 0.717) is 24.6 Å². The van der Waals surface area contributed by atoms with Crippen LogP contribution in [0.3, 0.4) is 0 Å². The molecule has 2 N–H and O–H groups in total. The molecule has 0 aliphatic carbocycles. The van der Waals surface area contributed by atoms with Gasteiger partial charge in [-0.1, -0.05) is 18.2 Å².